The Hall–Kier alpha value is -0.860. The lowest BCUT2D eigenvalue weighted by atomic mass is 9.68. The highest BCUT2D eigenvalue weighted by Crippen LogP contribution is 2.43. The lowest BCUT2D eigenvalue weighted by molar-refractivity contribution is -0.0401. The number of rotatable bonds is 2. The van der Waals surface area contributed by atoms with Crippen molar-refractivity contribution >= 4 is 0 Å². The van der Waals surface area contributed by atoms with Gasteiger partial charge in [0.05, 0.1) is 5.60 Å². The first-order chi connectivity index (χ1) is 6.23. The molecule has 0 spiro atoms. The molecular formula is C11H15NO. The van der Waals surface area contributed by atoms with Crippen molar-refractivity contribution in [3.05, 3.63) is 35.9 Å². The highest BCUT2D eigenvalue weighted by molar-refractivity contribution is 5.24. The van der Waals surface area contributed by atoms with Gasteiger partial charge < -0.3 is 10.8 Å². The van der Waals surface area contributed by atoms with E-state index in [1.165, 1.54) is 5.56 Å². The molecule has 3 N–H and O–H groups in total. The van der Waals surface area contributed by atoms with Crippen LogP contribution in [0.2, 0.25) is 0 Å². The predicted molar refractivity (Wildman–Crippen MR) is 52.4 cm³/mol. The van der Waals surface area contributed by atoms with Gasteiger partial charge in [0.1, 0.15) is 0 Å². The van der Waals surface area contributed by atoms with Gasteiger partial charge in [0.25, 0.3) is 0 Å². The van der Waals surface area contributed by atoms with E-state index in [1.807, 2.05) is 18.2 Å². The fraction of sp³-hybridized carbons (Fsp3) is 0.455. The van der Waals surface area contributed by atoms with E-state index in [2.05, 4.69) is 12.1 Å². The average Bonchev–Trinajstić information content (AvgIpc) is 2.14. The van der Waals surface area contributed by atoms with Crippen molar-refractivity contribution < 1.29 is 5.11 Å². The molecule has 0 radical (unpaired) electrons. The van der Waals surface area contributed by atoms with Gasteiger partial charge in [-0.05, 0) is 24.3 Å². The summed E-state index contributed by atoms with van der Waals surface area (Å²) in [4.78, 5) is 0. The van der Waals surface area contributed by atoms with E-state index in [0.717, 1.165) is 12.8 Å². The summed E-state index contributed by atoms with van der Waals surface area (Å²) in [6.45, 7) is 0.385. The van der Waals surface area contributed by atoms with Crippen molar-refractivity contribution in [1.82, 2.24) is 0 Å². The van der Waals surface area contributed by atoms with Crippen molar-refractivity contribution in [2.75, 3.05) is 6.54 Å². The van der Waals surface area contributed by atoms with E-state index in [-0.39, 0.29) is 0 Å². The third-order valence-corrected chi connectivity index (χ3v) is 2.90. The quantitative estimate of drug-likeness (QED) is 0.714. The summed E-state index contributed by atoms with van der Waals surface area (Å²) < 4.78 is 0. The monoisotopic (exact) mass is 177 g/mol. The minimum absolute atomic E-state index is 0.385. The van der Waals surface area contributed by atoms with Crippen LogP contribution in [0.25, 0.3) is 0 Å². The van der Waals surface area contributed by atoms with Crippen molar-refractivity contribution in [2.24, 2.45) is 5.73 Å². The van der Waals surface area contributed by atoms with Crippen molar-refractivity contribution in [2.45, 2.75) is 24.4 Å². The summed E-state index contributed by atoms with van der Waals surface area (Å²) >= 11 is 0. The van der Waals surface area contributed by atoms with E-state index >= 15 is 0 Å². The molecule has 1 aromatic rings. The summed E-state index contributed by atoms with van der Waals surface area (Å²) in [5.74, 6) is 0.509. The van der Waals surface area contributed by atoms with Crippen LogP contribution in [0.3, 0.4) is 0 Å². The molecule has 0 amide bonds. The molecule has 2 nitrogen and oxygen atoms in total. The molecule has 1 fully saturated rings. The molecule has 1 aliphatic carbocycles. The summed E-state index contributed by atoms with van der Waals surface area (Å²) in [5, 5.41) is 9.73. The van der Waals surface area contributed by atoms with E-state index in [4.69, 9.17) is 5.73 Å². The van der Waals surface area contributed by atoms with Gasteiger partial charge in [-0.25, -0.2) is 0 Å². The van der Waals surface area contributed by atoms with Gasteiger partial charge in [0.15, 0.2) is 0 Å². The second-order valence-electron chi connectivity index (χ2n) is 3.94. The highest BCUT2D eigenvalue weighted by atomic mass is 16.3. The highest BCUT2D eigenvalue weighted by Gasteiger charge is 2.41. The Morgan fingerprint density at radius 1 is 1.31 bits per heavy atom. The fourth-order valence-corrected chi connectivity index (χ4v) is 1.99. The van der Waals surface area contributed by atoms with Crippen molar-refractivity contribution in [3.63, 3.8) is 0 Å². The van der Waals surface area contributed by atoms with Gasteiger partial charge in [-0.3, -0.25) is 0 Å². The molecule has 1 saturated carbocycles. The molecule has 0 saturated heterocycles. The van der Waals surface area contributed by atoms with E-state index in [0.29, 0.717) is 12.5 Å². The third-order valence-electron chi connectivity index (χ3n) is 2.90. The van der Waals surface area contributed by atoms with Crippen LogP contribution < -0.4 is 5.73 Å². The van der Waals surface area contributed by atoms with Crippen LogP contribution in [0.4, 0.5) is 0 Å². The third kappa shape index (κ3) is 1.60. The Balaban J connectivity index is 2.01. The first-order valence-electron chi connectivity index (χ1n) is 4.71. The van der Waals surface area contributed by atoms with Gasteiger partial charge in [0.2, 0.25) is 0 Å². The Kier molecular flexibility index (Phi) is 2.10. The smallest absolute Gasteiger partial charge is 0.0781 e. The molecule has 0 atom stereocenters. The maximum Gasteiger partial charge on any atom is 0.0781 e. The fourth-order valence-electron chi connectivity index (χ4n) is 1.99. The molecule has 1 aliphatic rings. The van der Waals surface area contributed by atoms with Gasteiger partial charge in [0, 0.05) is 6.54 Å². The average molecular weight is 177 g/mol. The first kappa shape index (κ1) is 8.73. The summed E-state index contributed by atoms with van der Waals surface area (Å²) in [6.07, 6.45) is 1.63. The largest absolute Gasteiger partial charge is 0.389 e. The minimum Gasteiger partial charge on any atom is -0.389 e. The van der Waals surface area contributed by atoms with Crippen LogP contribution in [0.5, 0.6) is 0 Å². The maximum absolute atomic E-state index is 9.73. The summed E-state index contributed by atoms with van der Waals surface area (Å²) in [6, 6.07) is 10.3. The number of nitrogens with two attached hydrogens (primary N) is 1. The van der Waals surface area contributed by atoms with E-state index in [1.54, 1.807) is 0 Å². The zero-order valence-corrected chi connectivity index (χ0v) is 7.61. The van der Waals surface area contributed by atoms with E-state index in [9.17, 15) is 5.11 Å². The Bertz CT molecular complexity index is 277. The maximum atomic E-state index is 9.73. The topological polar surface area (TPSA) is 46.2 Å². The predicted octanol–water partition coefficient (Wildman–Crippen LogP) is 1.25. The molecule has 0 unspecified atom stereocenters. The first-order valence-corrected chi connectivity index (χ1v) is 4.71. The van der Waals surface area contributed by atoms with Gasteiger partial charge in [-0.2, -0.15) is 0 Å². The summed E-state index contributed by atoms with van der Waals surface area (Å²) in [5.41, 5.74) is 6.20. The molecule has 0 aliphatic heterocycles. The van der Waals surface area contributed by atoms with Crippen molar-refractivity contribution in [1.29, 1.82) is 0 Å². The van der Waals surface area contributed by atoms with E-state index < -0.39 is 5.60 Å². The zero-order valence-electron chi connectivity index (χ0n) is 7.61. The molecule has 70 valence electrons. The molecule has 0 aromatic heterocycles. The number of aliphatic hydroxyl groups is 1. The number of hydrogen-bond acceptors (Lipinski definition) is 2. The molecular weight excluding hydrogens is 162 g/mol. The molecule has 0 bridgehead atoms. The van der Waals surface area contributed by atoms with Crippen LogP contribution in [-0.4, -0.2) is 17.3 Å². The lowest BCUT2D eigenvalue weighted by Gasteiger charge is -2.43. The van der Waals surface area contributed by atoms with Crippen LogP contribution in [0.1, 0.15) is 24.3 Å². The minimum atomic E-state index is -0.583. The van der Waals surface area contributed by atoms with Crippen molar-refractivity contribution in [3.8, 4) is 0 Å². The van der Waals surface area contributed by atoms with Crippen LogP contribution >= 0.6 is 0 Å². The van der Waals surface area contributed by atoms with Gasteiger partial charge in [-0.15, -0.1) is 0 Å². The lowest BCUT2D eigenvalue weighted by Crippen LogP contribution is -2.48. The number of hydrogen-bond donors (Lipinski definition) is 2. The molecule has 2 rings (SSSR count). The standard InChI is InChI=1S/C11H15NO/c12-8-11(13)6-10(7-11)9-4-2-1-3-5-9/h1-5,10,13H,6-8,12H2. The Morgan fingerprint density at radius 3 is 2.46 bits per heavy atom. The summed E-state index contributed by atoms with van der Waals surface area (Å²) in [7, 11) is 0. The molecule has 0 heterocycles. The normalized spacial score (nSPS) is 32.6. The van der Waals surface area contributed by atoms with Gasteiger partial charge >= 0.3 is 0 Å². The number of benzene rings is 1. The second-order valence-corrected chi connectivity index (χ2v) is 3.94. The van der Waals surface area contributed by atoms with Gasteiger partial charge in [-0.1, -0.05) is 30.3 Å². The zero-order chi connectivity index (χ0) is 9.31. The van der Waals surface area contributed by atoms with Crippen LogP contribution in [0, 0.1) is 0 Å². The SMILES string of the molecule is NCC1(O)CC(c2ccccc2)C1. The molecule has 1 aromatic carbocycles. The molecule has 2 heteroatoms. The Morgan fingerprint density at radius 2 is 1.92 bits per heavy atom. The molecule has 13 heavy (non-hydrogen) atoms. The second kappa shape index (κ2) is 3.13. The van der Waals surface area contributed by atoms with Crippen LogP contribution in [-0.2, 0) is 0 Å². The Labute approximate surface area is 78.4 Å². The van der Waals surface area contributed by atoms with Crippen LogP contribution in [0.15, 0.2) is 30.3 Å².